The van der Waals surface area contributed by atoms with Crippen LogP contribution >= 0.6 is 11.5 Å². The zero-order chi connectivity index (χ0) is 16.2. The molecule has 0 saturated heterocycles. The third-order valence-electron chi connectivity index (χ3n) is 4.15. The molecule has 2 aromatic rings. The number of hydrogen-bond acceptors (Lipinski definition) is 6. The van der Waals surface area contributed by atoms with E-state index in [1.54, 1.807) is 7.11 Å². The number of anilines is 1. The van der Waals surface area contributed by atoms with Gasteiger partial charge in [0, 0.05) is 11.5 Å². The van der Waals surface area contributed by atoms with E-state index in [0.29, 0.717) is 6.10 Å². The van der Waals surface area contributed by atoms with E-state index in [4.69, 9.17) is 9.47 Å². The van der Waals surface area contributed by atoms with E-state index in [-0.39, 0.29) is 6.04 Å². The smallest absolute Gasteiger partial charge is 0.203 e. The molecule has 3 rings (SSSR count). The highest BCUT2D eigenvalue weighted by Crippen LogP contribution is 2.34. The van der Waals surface area contributed by atoms with Crippen molar-refractivity contribution >= 4 is 16.7 Å². The minimum absolute atomic E-state index is 0.122. The number of methoxy groups -OCH3 is 1. The molecule has 1 unspecified atom stereocenters. The lowest BCUT2D eigenvalue weighted by Crippen LogP contribution is -2.12. The van der Waals surface area contributed by atoms with Crippen LogP contribution < -0.4 is 14.8 Å². The van der Waals surface area contributed by atoms with E-state index in [1.807, 2.05) is 19.1 Å². The second kappa shape index (κ2) is 7.17. The van der Waals surface area contributed by atoms with Gasteiger partial charge in [-0.1, -0.05) is 6.07 Å². The van der Waals surface area contributed by atoms with Gasteiger partial charge in [-0.25, -0.2) is 4.98 Å². The Morgan fingerprint density at radius 3 is 2.70 bits per heavy atom. The lowest BCUT2D eigenvalue weighted by molar-refractivity contribution is 0.200. The van der Waals surface area contributed by atoms with Gasteiger partial charge in [0.2, 0.25) is 5.13 Å². The van der Waals surface area contributed by atoms with Crippen molar-refractivity contribution in [3.63, 3.8) is 0 Å². The Bertz CT molecular complexity index is 653. The van der Waals surface area contributed by atoms with E-state index >= 15 is 0 Å². The third kappa shape index (κ3) is 3.93. The minimum atomic E-state index is 0.122. The van der Waals surface area contributed by atoms with Crippen molar-refractivity contribution in [2.45, 2.75) is 51.7 Å². The van der Waals surface area contributed by atoms with Crippen LogP contribution in [-0.4, -0.2) is 22.6 Å². The van der Waals surface area contributed by atoms with Crippen LogP contribution in [0.25, 0.3) is 0 Å². The van der Waals surface area contributed by atoms with Crippen LogP contribution in [0, 0.1) is 6.92 Å². The van der Waals surface area contributed by atoms with E-state index < -0.39 is 0 Å². The highest BCUT2D eigenvalue weighted by Gasteiger charge is 2.19. The summed E-state index contributed by atoms with van der Waals surface area (Å²) >= 11 is 1.38. The number of benzene rings is 1. The molecule has 1 heterocycles. The number of ether oxygens (including phenoxy) is 2. The molecule has 0 bridgehead atoms. The second-order valence-electron chi connectivity index (χ2n) is 5.95. The summed E-state index contributed by atoms with van der Waals surface area (Å²) in [6, 6.07) is 6.25. The van der Waals surface area contributed by atoms with E-state index in [9.17, 15) is 0 Å². The number of aryl methyl sites for hydroxylation is 1. The molecule has 1 fully saturated rings. The summed E-state index contributed by atoms with van der Waals surface area (Å²) in [5, 5.41) is 4.20. The van der Waals surface area contributed by atoms with Gasteiger partial charge in [-0.3, -0.25) is 0 Å². The molecule has 0 amide bonds. The maximum atomic E-state index is 6.09. The first-order valence-electron chi connectivity index (χ1n) is 8.07. The molecule has 1 aliphatic rings. The zero-order valence-electron chi connectivity index (χ0n) is 13.8. The van der Waals surface area contributed by atoms with Gasteiger partial charge in [-0.05, 0) is 57.2 Å². The highest BCUT2D eigenvalue weighted by atomic mass is 32.1. The molecule has 1 saturated carbocycles. The number of aromatic nitrogens is 2. The maximum Gasteiger partial charge on any atom is 0.203 e. The van der Waals surface area contributed by atoms with E-state index in [0.717, 1.165) is 40.9 Å². The molecule has 0 spiro atoms. The average molecular weight is 333 g/mol. The standard InChI is InChI=1S/C17H23N3O2S/c1-11(18-17-19-12(2)20-23-17)13-8-9-15(16(10-13)21-3)22-14-6-4-5-7-14/h8-11,14H,4-7H2,1-3H3,(H,18,19,20). The second-order valence-corrected chi connectivity index (χ2v) is 6.70. The van der Waals surface area contributed by atoms with Gasteiger partial charge >= 0.3 is 0 Å². The molecule has 1 aliphatic carbocycles. The Kier molecular flexibility index (Phi) is 5.00. The van der Waals surface area contributed by atoms with Crippen molar-refractivity contribution in [3.05, 3.63) is 29.6 Å². The molecule has 124 valence electrons. The normalized spacial score (nSPS) is 16.3. The SMILES string of the molecule is COc1cc(C(C)Nc2nc(C)ns2)ccc1OC1CCCC1. The predicted molar refractivity (Wildman–Crippen MR) is 92.6 cm³/mol. The summed E-state index contributed by atoms with van der Waals surface area (Å²) in [6.07, 6.45) is 5.12. The Hall–Kier alpha value is -1.82. The molecule has 1 aromatic heterocycles. The molecular formula is C17H23N3O2S. The molecule has 1 atom stereocenters. The van der Waals surface area contributed by atoms with Crippen molar-refractivity contribution in [2.24, 2.45) is 0 Å². The van der Waals surface area contributed by atoms with Crippen LogP contribution in [0.1, 0.15) is 50.0 Å². The average Bonchev–Trinajstić information content (AvgIpc) is 3.19. The minimum Gasteiger partial charge on any atom is -0.493 e. The Morgan fingerprint density at radius 2 is 2.04 bits per heavy atom. The fourth-order valence-corrected chi connectivity index (χ4v) is 3.52. The number of rotatable bonds is 6. The summed E-state index contributed by atoms with van der Waals surface area (Å²) in [4.78, 5) is 4.35. The molecule has 0 aliphatic heterocycles. The summed E-state index contributed by atoms with van der Waals surface area (Å²) < 4.78 is 15.8. The highest BCUT2D eigenvalue weighted by molar-refractivity contribution is 7.09. The van der Waals surface area contributed by atoms with Crippen molar-refractivity contribution in [1.29, 1.82) is 0 Å². The van der Waals surface area contributed by atoms with Gasteiger partial charge in [-0.15, -0.1) is 0 Å². The van der Waals surface area contributed by atoms with Crippen LogP contribution in [0.5, 0.6) is 11.5 Å². The number of nitrogens with zero attached hydrogens (tertiary/aromatic N) is 2. The van der Waals surface area contributed by atoms with Crippen LogP contribution in [0.4, 0.5) is 5.13 Å². The van der Waals surface area contributed by atoms with Gasteiger partial charge in [0.25, 0.3) is 0 Å². The monoisotopic (exact) mass is 333 g/mol. The lowest BCUT2D eigenvalue weighted by atomic mass is 10.1. The van der Waals surface area contributed by atoms with Gasteiger partial charge in [0.05, 0.1) is 19.3 Å². The van der Waals surface area contributed by atoms with Crippen molar-refractivity contribution < 1.29 is 9.47 Å². The van der Waals surface area contributed by atoms with Gasteiger partial charge < -0.3 is 14.8 Å². The summed E-state index contributed by atoms with van der Waals surface area (Å²) in [5.41, 5.74) is 1.13. The van der Waals surface area contributed by atoms with Crippen LogP contribution in [0.2, 0.25) is 0 Å². The maximum absolute atomic E-state index is 6.09. The first-order chi connectivity index (χ1) is 11.2. The first kappa shape index (κ1) is 16.1. The predicted octanol–water partition coefficient (Wildman–Crippen LogP) is 4.35. The van der Waals surface area contributed by atoms with Crippen molar-refractivity contribution in [2.75, 3.05) is 12.4 Å². The van der Waals surface area contributed by atoms with Gasteiger partial charge in [0.15, 0.2) is 11.5 Å². The molecule has 0 radical (unpaired) electrons. The molecule has 6 heteroatoms. The van der Waals surface area contributed by atoms with E-state index in [1.165, 1.54) is 24.4 Å². The molecule has 23 heavy (non-hydrogen) atoms. The Labute approximate surface area is 141 Å². The fourth-order valence-electron chi connectivity index (χ4n) is 2.86. The van der Waals surface area contributed by atoms with Crippen LogP contribution in [0.3, 0.4) is 0 Å². The van der Waals surface area contributed by atoms with Gasteiger partial charge in [0.1, 0.15) is 5.82 Å². The molecule has 1 N–H and O–H groups in total. The van der Waals surface area contributed by atoms with Crippen molar-refractivity contribution in [1.82, 2.24) is 9.36 Å². The molecular weight excluding hydrogens is 310 g/mol. The van der Waals surface area contributed by atoms with Gasteiger partial charge in [-0.2, -0.15) is 4.37 Å². The summed E-state index contributed by atoms with van der Waals surface area (Å²) in [5.74, 6) is 2.42. The first-order valence-corrected chi connectivity index (χ1v) is 8.84. The van der Waals surface area contributed by atoms with Crippen LogP contribution in [0.15, 0.2) is 18.2 Å². The quantitative estimate of drug-likeness (QED) is 0.851. The van der Waals surface area contributed by atoms with Crippen molar-refractivity contribution in [3.8, 4) is 11.5 Å². The largest absolute Gasteiger partial charge is 0.493 e. The van der Waals surface area contributed by atoms with Crippen LogP contribution in [-0.2, 0) is 0 Å². The molecule has 1 aromatic carbocycles. The number of hydrogen-bond donors (Lipinski definition) is 1. The lowest BCUT2D eigenvalue weighted by Gasteiger charge is -2.19. The third-order valence-corrected chi connectivity index (χ3v) is 4.89. The Morgan fingerprint density at radius 1 is 1.26 bits per heavy atom. The Balaban J connectivity index is 1.72. The summed E-state index contributed by atoms with van der Waals surface area (Å²) in [6.45, 7) is 3.99. The molecule has 5 nitrogen and oxygen atoms in total. The zero-order valence-corrected chi connectivity index (χ0v) is 14.7. The number of nitrogens with one attached hydrogen (secondary N) is 1. The van der Waals surface area contributed by atoms with E-state index in [2.05, 4.69) is 27.7 Å². The fraction of sp³-hybridized carbons (Fsp3) is 0.529. The summed E-state index contributed by atoms with van der Waals surface area (Å²) in [7, 11) is 1.69. The topological polar surface area (TPSA) is 56.3 Å².